The van der Waals surface area contributed by atoms with Crippen molar-refractivity contribution in [2.24, 2.45) is 5.92 Å². The fourth-order valence-corrected chi connectivity index (χ4v) is 6.08. The van der Waals surface area contributed by atoms with Crippen LogP contribution in [0.4, 0.5) is 0 Å². The van der Waals surface area contributed by atoms with E-state index in [2.05, 4.69) is 27.7 Å². The Bertz CT molecular complexity index is 496. The second-order valence-corrected chi connectivity index (χ2v) is 14.5. The Hall–Kier alpha value is -0.570. The predicted octanol–water partition coefficient (Wildman–Crippen LogP) is 15.0. The summed E-state index contributed by atoms with van der Waals surface area (Å²) in [6.45, 7) is 11.2. The highest BCUT2D eigenvalue weighted by Crippen LogP contribution is 2.15. The monoisotopic (exact) mass is 639 g/mol. The minimum atomic E-state index is -0.654. The molecule has 0 saturated carbocycles. The largest absolute Gasteiger partial charge is 0.481 e. The van der Waals surface area contributed by atoms with Crippen LogP contribution in [0, 0.1) is 5.92 Å². The summed E-state index contributed by atoms with van der Waals surface area (Å²) in [4.78, 5) is 10.3. The van der Waals surface area contributed by atoms with E-state index in [1.165, 1.54) is 199 Å². The van der Waals surface area contributed by atoms with Crippen molar-refractivity contribution in [3.05, 3.63) is 0 Å². The van der Waals surface area contributed by atoms with Gasteiger partial charge in [0, 0.05) is 19.6 Å². The number of hydrogen-bond acceptors (Lipinski definition) is 2. The van der Waals surface area contributed by atoms with Crippen LogP contribution in [0.25, 0.3) is 0 Å². The molecule has 0 saturated heterocycles. The zero-order valence-electron chi connectivity index (χ0n) is 31.8. The molecule has 0 aliphatic carbocycles. The Morgan fingerprint density at radius 1 is 0.422 bits per heavy atom. The van der Waals surface area contributed by atoms with E-state index >= 15 is 0 Å². The molecule has 0 spiro atoms. The number of hydrogen-bond donors (Lipinski definition) is 1. The summed E-state index contributed by atoms with van der Waals surface area (Å²) in [5.41, 5.74) is 0. The normalized spacial score (nSPS) is 11.2. The SMILES string of the molecule is CC(C)CCCCCCCCCCCCCCC(=O)O.CCCCCCCCCCCCOCCCCCCCCCCCC. The van der Waals surface area contributed by atoms with Gasteiger partial charge >= 0.3 is 5.97 Å². The zero-order valence-corrected chi connectivity index (χ0v) is 31.8. The van der Waals surface area contributed by atoms with Crippen molar-refractivity contribution in [2.45, 2.75) is 246 Å². The molecule has 3 nitrogen and oxygen atoms in total. The third-order valence-electron chi connectivity index (χ3n) is 9.21. The van der Waals surface area contributed by atoms with Crippen LogP contribution in [-0.2, 0) is 9.53 Å². The summed E-state index contributed by atoms with van der Waals surface area (Å²) in [6, 6.07) is 0. The molecule has 0 heterocycles. The predicted molar refractivity (Wildman–Crippen MR) is 202 cm³/mol. The lowest BCUT2D eigenvalue weighted by molar-refractivity contribution is -0.137. The number of rotatable bonds is 37. The average molecular weight is 639 g/mol. The minimum Gasteiger partial charge on any atom is -0.481 e. The van der Waals surface area contributed by atoms with E-state index in [-0.39, 0.29) is 0 Å². The Morgan fingerprint density at radius 2 is 0.689 bits per heavy atom. The molecule has 272 valence electrons. The highest BCUT2D eigenvalue weighted by molar-refractivity contribution is 5.66. The van der Waals surface area contributed by atoms with E-state index in [1.807, 2.05) is 0 Å². The average Bonchev–Trinajstić information content (AvgIpc) is 3.02. The van der Waals surface area contributed by atoms with E-state index < -0.39 is 5.97 Å². The maximum absolute atomic E-state index is 10.3. The Kier molecular flexibility index (Phi) is 44.9. The lowest BCUT2D eigenvalue weighted by atomic mass is 10.0. The first kappa shape index (κ1) is 46.5. The smallest absolute Gasteiger partial charge is 0.303 e. The van der Waals surface area contributed by atoms with E-state index in [9.17, 15) is 4.79 Å². The van der Waals surface area contributed by atoms with Gasteiger partial charge in [0.05, 0.1) is 0 Å². The quantitative estimate of drug-likeness (QED) is 0.0689. The maximum Gasteiger partial charge on any atom is 0.303 e. The van der Waals surface area contributed by atoms with Gasteiger partial charge in [0.15, 0.2) is 0 Å². The second kappa shape index (κ2) is 43.4. The van der Waals surface area contributed by atoms with Crippen molar-refractivity contribution in [3.8, 4) is 0 Å². The summed E-state index contributed by atoms with van der Waals surface area (Å²) in [6.07, 6.45) is 45.5. The number of unbranched alkanes of at least 4 members (excludes halogenated alkanes) is 29. The van der Waals surface area contributed by atoms with Crippen LogP contribution in [0.3, 0.4) is 0 Å². The fraction of sp³-hybridized carbons (Fsp3) is 0.976. The molecule has 0 aromatic rings. The first-order valence-corrected chi connectivity index (χ1v) is 20.8. The Morgan fingerprint density at radius 3 is 0.978 bits per heavy atom. The van der Waals surface area contributed by atoms with Crippen molar-refractivity contribution >= 4 is 5.97 Å². The molecule has 1 N–H and O–H groups in total. The topological polar surface area (TPSA) is 46.5 Å². The highest BCUT2D eigenvalue weighted by atomic mass is 16.5. The third kappa shape index (κ3) is 50.5. The molecule has 0 aromatic heterocycles. The standard InChI is InChI=1S/C24H50O.C18H36O2/c1-3-5-7-9-11-13-15-17-19-21-23-25-24-22-20-18-16-14-12-10-8-6-4-2;1-17(2)15-13-11-9-7-5-3-4-6-8-10-12-14-16-18(19)20/h3-24H2,1-2H3;17H,3-16H2,1-2H3,(H,19,20). The molecule has 0 aromatic carbocycles. The van der Waals surface area contributed by atoms with Crippen LogP contribution < -0.4 is 0 Å². The van der Waals surface area contributed by atoms with Crippen LogP contribution in [-0.4, -0.2) is 24.3 Å². The molecule has 0 aliphatic heterocycles. The summed E-state index contributed by atoms with van der Waals surface area (Å²) in [5.74, 6) is 0.212. The van der Waals surface area contributed by atoms with Gasteiger partial charge < -0.3 is 9.84 Å². The third-order valence-corrected chi connectivity index (χ3v) is 9.21. The molecule has 0 rings (SSSR count). The van der Waals surface area contributed by atoms with Crippen LogP contribution in [0.15, 0.2) is 0 Å². The molecule has 0 amide bonds. The van der Waals surface area contributed by atoms with E-state index in [0.29, 0.717) is 6.42 Å². The second-order valence-electron chi connectivity index (χ2n) is 14.5. The van der Waals surface area contributed by atoms with E-state index in [1.54, 1.807) is 0 Å². The minimum absolute atomic E-state index is 0.344. The van der Waals surface area contributed by atoms with E-state index in [0.717, 1.165) is 32.0 Å². The summed E-state index contributed by atoms with van der Waals surface area (Å²) in [7, 11) is 0. The van der Waals surface area contributed by atoms with E-state index in [4.69, 9.17) is 9.84 Å². The number of carbonyl (C=O) groups is 1. The van der Waals surface area contributed by atoms with Crippen LogP contribution >= 0.6 is 0 Å². The van der Waals surface area contributed by atoms with Crippen LogP contribution in [0.2, 0.25) is 0 Å². The molecule has 45 heavy (non-hydrogen) atoms. The fourth-order valence-electron chi connectivity index (χ4n) is 6.08. The van der Waals surface area contributed by atoms with Crippen molar-refractivity contribution in [1.29, 1.82) is 0 Å². The summed E-state index contributed by atoms with van der Waals surface area (Å²) in [5, 5.41) is 8.52. The van der Waals surface area contributed by atoms with Crippen molar-refractivity contribution in [1.82, 2.24) is 0 Å². The molecular weight excluding hydrogens is 552 g/mol. The molecule has 0 fully saturated rings. The summed E-state index contributed by atoms with van der Waals surface area (Å²) >= 11 is 0. The number of carboxylic acids is 1. The lowest BCUT2D eigenvalue weighted by Crippen LogP contribution is -1.97. The van der Waals surface area contributed by atoms with Gasteiger partial charge in [-0.05, 0) is 25.2 Å². The van der Waals surface area contributed by atoms with Crippen LogP contribution in [0.1, 0.15) is 246 Å². The van der Waals surface area contributed by atoms with Gasteiger partial charge in [-0.25, -0.2) is 0 Å². The molecule has 0 bridgehead atoms. The first-order valence-electron chi connectivity index (χ1n) is 20.8. The number of aliphatic carboxylic acids is 1. The summed E-state index contributed by atoms with van der Waals surface area (Å²) < 4.78 is 5.78. The Balaban J connectivity index is 0. The molecule has 0 atom stereocenters. The van der Waals surface area contributed by atoms with Gasteiger partial charge in [-0.2, -0.15) is 0 Å². The van der Waals surface area contributed by atoms with Crippen molar-refractivity contribution in [2.75, 3.05) is 13.2 Å². The van der Waals surface area contributed by atoms with Crippen LogP contribution in [0.5, 0.6) is 0 Å². The van der Waals surface area contributed by atoms with Gasteiger partial charge in [0.25, 0.3) is 0 Å². The molecule has 0 aliphatic rings. The molecule has 0 radical (unpaired) electrons. The van der Waals surface area contributed by atoms with Crippen molar-refractivity contribution in [3.63, 3.8) is 0 Å². The molecule has 3 heteroatoms. The molecule has 0 unspecified atom stereocenters. The zero-order chi connectivity index (χ0) is 33.3. The van der Waals surface area contributed by atoms with Gasteiger partial charge in [0.2, 0.25) is 0 Å². The number of ether oxygens (including phenoxy) is 1. The van der Waals surface area contributed by atoms with Gasteiger partial charge in [-0.3, -0.25) is 4.79 Å². The highest BCUT2D eigenvalue weighted by Gasteiger charge is 1.98. The van der Waals surface area contributed by atoms with Gasteiger partial charge in [0.1, 0.15) is 0 Å². The van der Waals surface area contributed by atoms with Crippen molar-refractivity contribution < 1.29 is 14.6 Å². The number of carboxylic acid groups (broad SMARTS) is 1. The first-order chi connectivity index (χ1) is 22.0. The van der Waals surface area contributed by atoms with Gasteiger partial charge in [-0.15, -0.1) is 0 Å². The maximum atomic E-state index is 10.3. The Labute approximate surface area is 285 Å². The van der Waals surface area contributed by atoms with Gasteiger partial charge in [-0.1, -0.05) is 220 Å². The lowest BCUT2D eigenvalue weighted by Gasteiger charge is -2.05. The molecular formula is C42H86O3.